The average molecular weight is 276 g/mol. The minimum atomic E-state index is -0.780. The second-order valence-corrected chi connectivity index (χ2v) is 6.40. The lowest BCUT2D eigenvalue weighted by Crippen LogP contribution is -2.54. The van der Waals surface area contributed by atoms with E-state index in [1.165, 1.54) is 4.90 Å². The first-order chi connectivity index (χ1) is 9.58. The summed E-state index contributed by atoms with van der Waals surface area (Å²) in [4.78, 5) is 49.4. The fourth-order valence-corrected chi connectivity index (χ4v) is 4.67. The van der Waals surface area contributed by atoms with Gasteiger partial charge < -0.3 is 0 Å². The van der Waals surface area contributed by atoms with Gasteiger partial charge in [0.1, 0.15) is 6.04 Å². The van der Waals surface area contributed by atoms with Gasteiger partial charge in [0.25, 0.3) is 0 Å². The molecule has 106 valence electrons. The second kappa shape index (κ2) is 3.90. The van der Waals surface area contributed by atoms with Crippen LogP contribution in [0.5, 0.6) is 0 Å². The highest BCUT2D eigenvalue weighted by atomic mass is 16.2. The van der Waals surface area contributed by atoms with Gasteiger partial charge in [-0.1, -0.05) is 0 Å². The second-order valence-electron chi connectivity index (χ2n) is 6.40. The predicted octanol–water partition coefficient (Wildman–Crippen LogP) is -0.177. The van der Waals surface area contributed by atoms with E-state index >= 15 is 0 Å². The number of rotatable bonds is 1. The Morgan fingerprint density at radius 1 is 0.900 bits per heavy atom. The molecule has 0 radical (unpaired) electrons. The largest absolute Gasteiger partial charge is 0.295 e. The summed E-state index contributed by atoms with van der Waals surface area (Å²) in [5, 5.41) is 2.23. The number of piperidine rings is 1. The predicted molar refractivity (Wildman–Crippen MR) is 65.8 cm³/mol. The molecule has 2 saturated heterocycles. The maximum Gasteiger partial charge on any atom is 0.249 e. The third-order valence-corrected chi connectivity index (χ3v) is 5.48. The highest BCUT2D eigenvalue weighted by Crippen LogP contribution is 2.56. The van der Waals surface area contributed by atoms with E-state index in [2.05, 4.69) is 5.32 Å². The molecule has 2 heterocycles. The molecule has 4 fully saturated rings. The number of nitrogens with one attached hydrogen (secondary N) is 1. The Labute approximate surface area is 115 Å². The number of fused-ring (bicyclic) bond motifs is 5. The molecule has 2 aliphatic carbocycles. The van der Waals surface area contributed by atoms with Crippen molar-refractivity contribution in [2.24, 2.45) is 23.7 Å². The van der Waals surface area contributed by atoms with Crippen LogP contribution in [0.15, 0.2) is 0 Å². The number of hydrogen-bond donors (Lipinski definition) is 1. The van der Waals surface area contributed by atoms with Crippen molar-refractivity contribution >= 4 is 23.6 Å². The summed E-state index contributed by atoms with van der Waals surface area (Å²) < 4.78 is 0. The van der Waals surface area contributed by atoms with Crippen LogP contribution in [0.4, 0.5) is 0 Å². The number of carbonyl (C=O) groups excluding carboxylic acids is 4. The van der Waals surface area contributed by atoms with Gasteiger partial charge in [0.05, 0.1) is 11.8 Å². The van der Waals surface area contributed by atoms with Gasteiger partial charge in [-0.15, -0.1) is 0 Å². The standard InChI is InChI=1S/C14H16N2O4/c17-9-4-3-8(12(18)15-9)16-13(19)10-6-1-2-7(5-6)11(10)14(16)20/h6-8,10-11H,1-5H2,(H,15,17,18)/t6-,7-,8-,10-,11-/m1/s1. The summed E-state index contributed by atoms with van der Waals surface area (Å²) in [7, 11) is 0. The highest BCUT2D eigenvalue weighted by Gasteiger charge is 2.62. The minimum Gasteiger partial charge on any atom is -0.295 e. The molecule has 2 saturated carbocycles. The van der Waals surface area contributed by atoms with Crippen LogP contribution in [0.1, 0.15) is 32.1 Å². The summed E-state index contributed by atoms with van der Waals surface area (Å²) in [6, 6.07) is -0.780. The van der Waals surface area contributed by atoms with Crippen LogP contribution >= 0.6 is 0 Å². The molecule has 2 aliphatic heterocycles. The van der Waals surface area contributed by atoms with Crippen molar-refractivity contribution in [1.29, 1.82) is 0 Å². The van der Waals surface area contributed by atoms with Crippen molar-refractivity contribution in [3.63, 3.8) is 0 Å². The van der Waals surface area contributed by atoms with Crippen LogP contribution < -0.4 is 5.32 Å². The molecule has 0 aromatic heterocycles. The summed E-state index contributed by atoms with van der Waals surface area (Å²) in [6.45, 7) is 0. The smallest absolute Gasteiger partial charge is 0.249 e. The fraction of sp³-hybridized carbons (Fsp3) is 0.714. The molecule has 6 heteroatoms. The quantitative estimate of drug-likeness (QED) is 0.674. The molecule has 1 N–H and O–H groups in total. The van der Waals surface area contributed by atoms with Gasteiger partial charge in [-0.25, -0.2) is 0 Å². The number of amides is 4. The summed E-state index contributed by atoms with van der Waals surface area (Å²) in [5.74, 6) is -0.956. The van der Waals surface area contributed by atoms with Gasteiger partial charge in [0, 0.05) is 6.42 Å². The molecule has 4 aliphatic rings. The number of imide groups is 2. The minimum absolute atomic E-state index is 0.179. The van der Waals surface area contributed by atoms with E-state index < -0.39 is 11.9 Å². The van der Waals surface area contributed by atoms with E-state index in [4.69, 9.17) is 0 Å². The van der Waals surface area contributed by atoms with E-state index in [1.54, 1.807) is 0 Å². The van der Waals surface area contributed by atoms with E-state index in [0.29, 0.717) is 11.8 Å². The van der Waals surface area contributed by atoms with E-state index in [1.807, 2.05) is 0 Å². The van der Waals surface area contributed by atoms with Gasteiger partial charge in [0.2, 0.25) is 23.6 Å². The van der Waals surface area contributed by atoms with Crippen molar-refractivity contribution in [3.05, 3.63) is 0 Å². The normalized spacial score (nSPS) is 43.2. The molecule has 20 heavy (non-hydrogen) atoms. The molecule has 0 aromatic rings. The van der Waals surface area contributed by atoms with Crippen LogP contribution in [0, 0.1) is 23.7 Å². The van der Waals surface area contributed by atoms with E-state index in [9.17, 15) is 19.2 Å². The number of nitrogens with zero attached hydrogens (tertiary/aromatic N) is 1. The molecular weight excluding hydrogens is 260 g/mol. The first-order valence-corrected chi connectivity index (χ1v) is 7.28. The monoisotopic (exact) mass is 276 g/mol. The zero-order valence-electron chi connectivity index (χ0n) is 11.0. The van der Waals surface area contributed by atoms with Crippen LogP contribution in [0.3, 0.4) is 0 Å². The lowest BCUT2D eigenvalue weighted by Gasteiger charge is -2.29. The maximum absolute atomic E-state index is 12.6. The van der Waals surface area contributed by atoms with Crippen molar-refractivity contribution < 1.29 is 19.2 Å². The van der Waals surface area contributed by atoms with Crippen molar-refractivity contribution in [3.8, 4) is 0 Å². The first kappa shape index (κ1) is 12.1. The number of carbonyl (C=O) groups is 4. The molecule has 0 aromatic carbocycles. The molecule has 0 unspecified atom stereocenters. The molecule has 6 nitrogen and oxygen atoms in total. The van der Waals surface area contributed by atoms with Gasteiger partial charge in [0.15, 0.2) is 0 Å². The Bertz CT molecular complexity index is 515. The fourth-order valence-electron chi connectivity index (χ4n) is 4.67. The van der Waals surface area contributed by atoms with Crippen molar-refractivity contribution in [2.45, 2.75) is 38.1 Å². The number of likely N-dealkylation sites (tertiary alicyclic amines) is 1. The van der Waals surface area contributed by atoms with Gasteiger partial charge in [-0.2, -0.15) is 0 Å². The Morgan fingerprint density at radius 2 is 1.50 bits per heavy atom. The lowest BCUT2D eigenvalue weighted by atomic mass is 9.81. The van der Waals surface area contributed by atoms with Crippen LogP contribution in [0.25, 0.3) is 0 Å². The maximum atomic E-state index is 12.6. The summed E-state index contributed by atoms with van der Waals surface area (Å²) in [5.41, 5.74) is 0. The Balaban J connectivity index is 1.64. The zero-order valence-corrected chi connectivity index (χ0v) is 11.0. The SMILES string of the molecule is O=C1CC[C@@H](N2C(=O)[C@@H]3[C@@H]4CC[C@H](C4)[C@H]3C2=O)C(=O)N1. The molecular formula is C14H16N2O4. The van der Waals surface area contributed by atoms with Gasteiger partial charge >= 0.3 is 0 Å². The summed E-state index contributed by atoms with van der Waals surface area (Å²) >= 11 is 0. The first-order valence-electron chi connectivity index (χ1n) is 7.28. The molecule has 5 atom stereocenters. The Hall–Kier alpha value is -1.72. The highest BCUT2D eigenvalue weighted by molar-refractivity contribution is 6.11. The van der Waals surface area contributed by atoms with Crippen LogP contribution in [-0.2, 0) is 19.2 Å². The zero-order chi connectivity index (χ0) is 14.0. The van der Waals surface area contributed by atoms with Gasteiger partial charge in [-0.3, -0.25) is 29.4 Å². The third-order valence-electron chi connectivity index (χ3n) is 5.48. The average Bonchev–Trinajstić information content (AvgIpc) is 3.06. The molecule has 0 spiro atoms. The van der Waals surface area contributed by atoms with Crippen LogP contribution in [0.2, 0.25) is 0 Å². The summed E-state index contributed by atoms with van der Waals surface area (Å²) in [6.07, 6.45) is 3.48. The molecule has 4 rings (SSSR count). The van der Waals surface area contributed by atoms with E-state index in [0.717, 1.165) is 19.3 Å². The van der Waals surface area contributed by atoms with Gasteiger partial charge in [-0.05, 0) is 37.5 Å². The van der Waals surface area contributed by atoms with Crippen molar-refractivity contribution in [1.82, 2.24) is 10.2 Å². The van der Waals surface area contributed by atoms with Crippen LogP contribution in [-0.4, -0.2) is 34.6 Å². The third kappa shape index (κ3) is 1.39. The topological polar surface area (TPSA) is 83.6 Å². The Morgan fingerprint density at radius 3 is 2.05 bits per heavy atom. The molecule has 2 bridgehead atoms. The Kier molecular flexibility index (Phi) is 2.35. The molecule has 4 amide bonds. The lowest BCUT2D eigenvalue weighted by molar-refractivity contribution is -0.152. The number of hydrogen-bond acceptors (Lipinski definition) is 4. The van der Waals surface area contributed by atoms with E-state index in [-0.39, 0.29) is 42.4 Å². The van der Waals surface area contributed by atoms with Crippen molar-refractivity contribution in [2.75, 3.05) is 0 Å².